The van der Waals surface area contributed by atoms with Crippen LogP contribution in [0.15, 0.2) is 30.9 Å². The Morgan fingerprint density at radius 2 is 1.88 bits per heavy atom. The van der Waals surface area contributed by atoms with E-state index in [0.29, 0.717) is 6.54 Å². The third kappa shape index (κ3) is 2.44. The highest BCUT2D eigenvalue weighted by Gasteiger charge is 2.12. The van der Waals surface area contributed by atoms with Crippen LogP contribution >= 0.6 is 0 Å². The third-order valence-corrected chi connectivity index (χ3v) is 2.84. The Balaban J connectivity index is 2.31. The number of hydrogen-bond donors (Lipinski definition) is 0. The molecule has 88 valence electrons. The topological polar surface area (TPSA) is 34.9 Å². The van der Waals surface area contributed by atoms with Crippen LogP contribution in [0, 0.1) is 20.8 Å². The molecular formula is C14H16N2O. The van der Waals surface area contributed by atoms with Gasteiger partial charge in [-0.25, -0.2) is 4.98 Å². The summed E-state index contributed by atoms with van der Waals surface area (Å²) in [6.07, 6.45) is 5.15. The number of rotatable bonds is 3. The van der Waals surface area contributed by atoms with E-state index in [-0.39, 0.29) is 5.78 Å². The Morgan fingerprint density at radius 1 is 1.24 bits per heavy atom. The largest absolute Gasteiger partial charge is 0.330 e. The third-order valence-electron chi connectivity index (χ3n) is 2.84. The highest BCUT2D eigenvalue weighted by Crippen LogP contribution is 2.17. The number of aryl methyl sites for hydroxylation is 3. The van der Waals surface area contributed by atoms with Crippen molar-refractivity contribution in [1.82, 2.24) is 9.55 Å². The molecule has 0 spiro atoms. The molecule has 2 aromatic rings. The van der Waals surface area contributed by atoms with Gasteiger partial charge in [-0.15, -0.1) is 0 Å². The number of carbonyl (C=O) groups is 1. The van der Waals surface area contributed by atoms with Gasteiger partial charge in [-0.1, -0.05) is 17.7 Å². The van der Waals surface area contributed by atoms with Gasteiger partial charge < -0.3 is 4.57 Å². The van der Waals surface area contributed by atoms with Crippen molar-refractivity contribution in [2.24, 2.45) is 0 Å². The van der Waals surface area contributed by atoms with Crippen molar-refractivity contribution in [3.63, 3.8) is 0 Å². The van der Waals surface area contributed by atoms with Crippen molar-refractivity contribution >= 4 is 5.78 Å². The lowest BCUT2D eigenvalue weighted by Crippen LogP contribution is -2.12. The molecule has 0 N–H and O–H groups in total. The van der Waals surface area contributed by atoms with Gasteiger partial charge >= 0.3 is 0 Å². The average molecular weight is 228 g/mol. The number of Topliss-reactive ketones (excluding diaryl/α,β-unsaturated/α-hetero) is 1. The minimum atomic E-state index is 0.137. The fourth-order valence-electron chi connectivity index (χ4n) is 2.24. The zero-order valence-electron chi connectivity index (χ0n) is 10.4. The zero-order chi connectivity index (χ0) is 12.4. The number of ketones is 1. The highest BCUT2D eigenvalue weighted by molar-refractivity contribution is 5.98. The first-order valence-corrected chi connectivity index (χ1v) is 5.64. The van der Waals surface area contributed by atoms with Crippen molar-refractivity contribution in [3.8, 4) is 0 Å². The number of hydrogen-bond acceptors (Lipinski definition) is 2. The quantitative estimate of drug-likeness (QED) is 0.757. The van der Waals surface area contributed by atoms with Gasteiger partial charge in [0.05, 0.1) is 12.9 Å². The Bertz CT molecular complexity index is 518. The number of imidazole rings is 1. The molecule has 0 radical (unpaired) electrons. The van der Waals surface area contributed by atoms with Crippen LogP contribution in [-0.4, -0.2) is 15.3 Å². The van der Waals surface area contributed by atoms with E-state index in [1.54, 1.807) is 23.3 Å². The van der Waals surface area contributed by atoms with Crippen molar-refractivity contribution < 1.29 is 4.79 Å². The first-order chi connectivity index (χ1) is 8.08. The summed E-state index contributed by atoms with van der Waals surface area (Å²) in [6, 6.07) is 4.10. The monoisotopic (exact) mass is 228 g/mol. The lowest BCUT2D eigenvalue weighted by Gasteiger charge is -2.10. The molecule has 3 nitrogen and oxygen atoms in total. The smallest absolute Gasteiger partial charge is 0.183 e. The van der Waals surface area contributed by atoms with Crippen LogP contribution < -0.4 is 0 Å². The molecule has 0 aliphatic heterocycles. The van der Waals surface area contributed by atoms with Crippen molar-refractivity contribution in [1.29, 1.82) is 0 Å². The predicted octanol–water partition coefficient (Wildman–Crippen LogP) is 2.69. The minimum absolute atomic E-state index is 0.137. The highest BCUT2D eigenvalue weighted by atomic mass is 16.1. The molecule has 0 bridgehead atoms. The number of nitrogens with zero attached hydrogens (tertiary/aromatic N) is 2. The molecule has 0 atom stereocenters. The maximum Gasteiger partial charge on any atom is 0.183 e. The molecule has 0 saturated heterocycles. The second-order valence-corrected chi connectivity index (χ2v) is 4.43. The van der Waals surface area contributed by atoms with E-state index in [2.05, 4.69) is 4.98 Å². The average Bonchev–Trinajstić information content (AvgIpc) is 2.68. The zero-order valence-corrected chi connectivity index (χ0v) is 10.4. The normalized spacial score (nSPS) is 10.5. The predicted molar refractivity (Wildman–Crippen MR) is 67.2 cm³/mol. The number of carbonyl (C=O) groups excluding carboxylic acids is 1. The molecule has 0 fully saturated rings. The molecule has 0 aliphatic carbocycles. The Kier molecular flexibility index (Phi) is 3.09. The van der Waals surface area contributed by atoms with E-state index >= 15 is 0 Å². The Morgan fingerprint density at radius 3 is 2.41 bits per heavy atom. The maximum atomic E-state index is 12.2. The van der Waals surface area contributed by atoms with Crippen LogP contribution in [0.25, 0.3) is 0 Å². The van der Waals surface area contributed by atoms with Gasteiger partial charge in [0.2, 0.25) is 0 Å². The van der Waals surface area contributed by atoms with Crippen LogP contribution in [-0.2, 0) is 6.54 Å². The second-order valence-electron chi connectivity index (χ2n) is 4.43. The summed E-state index contributed by atoms with van der Waals surface area (Å²) in [6.45, 7) is 6.37. The first kappa shape index (κ1) is 11.6. The number of aromatic nitrogens is 2. The fourth-order valence-corrected chi connectivity index (χ4v) is 2.24. The van der Waals surface area contributed by atoms with Gasteiger partial charge in [-0.2, -0.15) is 0 Å². The molecule has 0 aliphatic rings. The molecular weight excluding hydrogens is 212 g/mol. The van der Waals surface area contributed by atoms with Crippen LogP contribution in [0.1, 0.15) is 27.0 Å². The van der Waals surface area contributed by atoms with Crippen molar-refractivity contribution in [2.45, 2.75) is 27.3 Å². The van der Waals surface area contributed by atoms with Crippen molar-refractivity contribution in [2.75, 3.05) is 0 Å². The van der Waals surface area contributed by atoms with E-state index in [0.717, 1.165) is 16.7 Å². The summed E-state index contributed by atoms with van der Waals surface area (Å²) in [7, 11) is 0. The lowest BCUT2D eigenvalue weighted by molar-refractivity contribution is 0.0971. The molecule has 0 unspecified atom stereocenters. The van der Waals surface area contributed by atoms with Gasteiger partial charge in [0.15, 0.2) is 5.78 Å². The van der Waals surface area contributed by atoms with Gasteiger partial charge in [-0.05, 0) is 31.9 Å². The maximum absolute atomic E-state index is 12.2. The molecule has 1 heterocycles. The molecule has 2 rings (SSSR count). The molecule has 17 heavy (non-hydrogen) atoms. The van der Waals surface area contributed by atoms with E-state index in [1.165, 1.54) is 5.56 Å². The van der Waals surface area contributed by atoms with Crippen LogP contribution in [0.2, 0.25) is 0 Å². The van der Waals surface area contributed by atoms with E-state index in [1.807, 2.05) is 32.9 Å². The SMILES string of the molecule is Cc1cc(C)c(C(=O)Cn2ccnc2)c(C)c1. The summed E-state index contributed by atoms with van der Waals surface area (Å²) >= 11 is 0. The van der Waals surface area contributed by atoms with Gasteiger partial charge in [0, 0.05) is 18.0 Å². The molecule has 1 aromatic carbocycles. The first-order valence-electron chi connectivity index (χ1n) is 5.64. The van der Waals surface area contributed by atoms with Crippen molar-refractivity contribution in [3.05, 3.63) is 53.1 Å². The fraction of sp³-hybridized carbons (Fsp3) is 0.286. The van der Waals surface area contributed by atoms with Gasteiger partial charge in [0.25, 0.3) is 0 Å². The number of benzene rings is 1. The van der Waals surface area contributed by atoms with Gasteiger partial charge in [-0.3, -0.25) is 4.79 Å². The van der Waals surface area contributed by atoms with E-state index in [9.17, 15) is 4.79 Å². The lowest BCUT2D eigenvalue weighted by atomic mass is 9.96. The molecule has 0 saturated carbocycles. The van der Waals surface area contributed by atoms with E-state index in [4.69, 9.17) is 0 Å². The van der Waals surface area contributed by atoms with Crippen LogP contribution in [0.3, 0.4) is 0 Å². The van der Waals surface area contributed by atoms with Crippen LogP contribution in [0.5, 0.6) is 0 Å². The Labute approximate surface area is 101 Å². The standard InChI is InChI=1S/C14H16N2O/c1-10-6-11(2)14(12(3)7-10)13(17)8-16-5-4-15-9-16/h4-7,9H,8H2,1-3H3. The van der Waals surface area contributed by atoms with Crippen LogP contribution in [0.4, 0.5) is 0 Å². The van der Waals surface area contributed by atoms with Gasteiger partial charge in [0.1, 0.15) is 0 Å². The van der Waals surface area contributed by atoms with E-state index < -0.39 is 0 Å². The summed E-state index contributed by atoms with van der Waals surface area (Å²) in [5.41, 5.74) is 4.13. The molecule has 1 aromatic heterocycles. The second kappa shape index (κ2) is 4.53. The Hall–Kier alpha value is -1.90. The summed E-state index contributed by atoms with van der Waals surface area (Å²) in [5, 5.41) is 0. The molecule has 0 amide bonds. The summed E-state index contributed by atoms with van der Waals surface area (Å²) < 4.78 is 1.79. The summed E-state index contributed by atoms with van der Waals surface area (Å²) in [5.74, 6) is 0.137. The minimum Gasteiger partial charge on any atom is -0.330 e. The molecule has 3 heteroatoms. The summed E-state index contributed by atoms with van der Waals surface area (Å²) in [4.78, 5) is 16.2.